The quantitative estimate of drug-likeness (QED) is 0.177. The van der Waals surface area contributed by atoms with Gasteiger partial charge in [0, 0.05) is 17.0 Å². The van der Waals surface area contributed by atoms with E-state index < -0.39 is 10.0 Å². The Labute approximate surface area is 284 Å². The van der Waals surface area contributed by atoms with Gasteiger partial charge in [-0.25, -0.2) is 0 Å². The number of phenolic OH excluding ortho intramolecular Hbond substituents is 1. The summed E-state index contributed by atoms with van der Waals surface area (Å²) in [6.45, 7) is 0. The number of aromatic hydroxyl groups is 1. The Balaban J connectivity index is 0.000000269. The van der Waals surface area contributed by atoms with Crippen molar-refractivity contribution >= 4 is 48.8 Å². The van der Waals surface area contributed by atoms with Gasteiger partial charge in [-0.05, 0) is 101 Å². The minimum Gasteiger partial charge on any atom is -0.507 e. The molecule has 1 aliphatic heterocycles. The molecule has 0 atom stereocenters. The van der Waals surface area contributed by atoms with Gasteiger partial charge < -0.3 is 15.4 Å². The second-order valence-corrected chi connectivity index (χ2v) is 14.1. The largest absolute Gasteiger partial charge is 0.507 e. The van der Waals surface area contributed by atoms with Crippen LogP contribution in [0.2, 0.25) is 0 Å². The molecule has 8 heteroatoms. The highest BCUT2D eigenvalue weighted by atomic mass is 32.2. The summed E-state index contributed by atoms with van der Waals surface area (Å²) in [6, 6.07) is 34.1. The van der Waals surface area contributed by atoms with Gasteiger partial charge in [-0.2, -0.15) is 8.42 Å². The van der Waals surface area contributed by atoms with Crippen molar-refractivity contribution in [1.29, 1.82) is 0 Å². The number of allylic oxidation sites excluding steroid dienone is 4. The van der Waals surface area contributed by atoms with Crippen molar-refractivity contribution in [3.63, 3.8) is 0 Å². The minimum atomic E-state index is -3.92. The Kier molecular flexibility index (Phi) is 7.73. The predicted octanol–water partition coefficient (Wildman–Crippen LogP) is 8.28. The summed E-state index contributed by atoms with van der Waals surface area (Å²) in [5.74, 6) is 0.210. The van der Waals surface area contributed by atoms with Crippen molar-refractivity contribution in [2.24, 2.45) is 4.40 Å². The molecular formula is C41H33N3O4S. The molecule has 9 rings (SSSR count). The average Bonchev–Trinajstić information content (AvgIpc) is 3.12. The van der Waals surface area contributed by atoms with Crippen LogP contribution in [0.4, 0.5) is 5.69 Å². The smallest absolute Gasteiger partial charge is 0.286 e. The Hall–Kier alpha value is -5.73. The monoisotopic (exact) mass is 663 g/mol. The van der Waals surface area contributed by atoms with Gasteiger partial charge >= 0.3 is 0 Å². The van der Waals surface area contributed by atoms with E-state index in [2.05, 4.69) is 51.1 Å². The lowest BCUT2D eigenvalue weighted by molar-refractivity contribution is 0.480. The fourth-order valence-electron chi connectivity index (χ4n) is 7.15. The molecule has 5 aromatic carbocycles. The number of H-pyrrole nitrogens is 1. The molecule has 3 aliphatic rings. The van der Waals surface area contributed by atoms with Crippen LogP contribution in [-0.4, -0.2) is 24.3 Å². The van der Waals surface area contributed by atoms with E-state index in [9.17, 15) is 18.3 Å². The number of aromatic nitrogens is 1. The van der Waals surface area contributed by atoms with E-state index in [1.54, 1.807) is 24.3 Å². The van der Waals surface area contributed by atoms with Crippen molar-refractivity contribution in [2.75, 3.05) is 5.32 Å². The predicted molar refractivity (Wildman–Crippen MR) is 197 cm³/mol. The standard InChI is InChI=1S/C32H26N2O3S.C9H7NO/c35-31-27(32-33-28-12-6-7-13-29(28)38(36,37)34-32)19-22(18-20-8-2-1-3-9-20)24-16-17-25-23-11-5-4-10-21(23)14-15-26(25)30(24)31;11-9-6-5-7-3-1-2-4-8(7)10-9/h1-3,5-9,11-13,16-17,19,35H,4,10,14-15,18H2,(H,33,34);1-6H,(H,10,11). The normalized spacial score (nSPS) is 15.7. The second kappa shape index (κ2) is 12.4. The van der Waals surface area contributed by atoms with Crippen LogP contribution in [0, 0.1) is 0 Å². The number of pyridine rings is 1. The SMILES string of the molecule is O=S1(=O)N=C(c2cc(Cc3ccccc3)c3ccc4c(c3c2O)CCC2=C4C=CCC2)Nc2ccccc21.O=c1ccc2ccccc2[nH]1. The first-order valence-electron chi connectivity index (χ1n) is 16.4. The zero-order valence-corrected chi connectivity index (χ0v) is 27.4. The van der Waals surface area contributed by atoms with Crippen molar-refractivity contribution in [1.82, 2.24) is 4.98 Å². The minimum absolute atomic E-state index is 0.0521. The van der Waals surface area contributed by atoms with Gasteiger partial charge in [0.05, 0.1) is 11.3 Å². The molecule has 0 radical (unpaired) electrons. The number of sulfonamides is 1. The van der Waals surface area contributed by atoms with Gasteiger partial charge in [0.2, 0.25) is 5.56 Å². The number of anilines is 1. The molecule has 3 N–H and O–H groups in total. The number of rotatable bonds is 3. The first kappa shape index (κ1) is 30.6. The molecule has 49 heavy (non-hydrogen) atoms. The molecule has 6 aromatic rings. The first-order valence-corrected chi connectivity index (χ1v) is 17.8. The number of benzene rings is 5. The Morgan fingerprint density at radius 3 is 2.47 bits per heavy atom. The molecule has 0 unspecified atom stereocenters. The Morgan fingerprint density at radius 1 is 0.796 bits per heavy atom. The fraction of sp³-hybridized carbons (Fsp3) is 0.122. The lowest BCUT2D eigenvalue weighted by atomic mass is 9.78. The van der Waals surface area contributed by atoms with Gasteiger partial charge in [-0.3, -0.25) is 4.79 Å². The summed E-state index contributed by atoms with van der Waals surface area (Å²) in [4.78, 5) is 13.7. The Morgan fingerprint density at radius 2 is 1.59 bits per heavy atom. The number of amidine groups is 1. The van der Waals surface area contributed by atoms with Gasteiger partial charge in [-0.15, -0.1) is 4.40 Å². The molecule has 0 bridgehead atoms. The van der Waals surface area contributed by atoms with E-state index in [0.29, 0.717) is 17.7 Å². The summed E-state index contributed by atoms with van der Waals surface area (Å²) in [6.07, 6.45) is 9.02. The van der Waals surface area contributed by atoms with Gasteiger partial charge in [-0.1, -0.05) is 90.5 Å². The summed E-state index contributed by atoms with van der Waals surface area (Å²) < 4.78 is 30.3. The maximum atomic E-state index is 13.1. The fourth-order valence-corrected chi connectivity index (χ4v) is 8.28. The molecule has 1 aromatic heterocycles. The molecule has 2 aliphatic carbocycles. The summed E-state index contributed by atoms with van der Waals surface area (Å²) >= 11 is 0. The third kappa shape index (κ3) is 5.74. The van der Waals surface area contributed by atoms with Crippen molar-refractivity contribution < 1.29 is 13.5 Å². The molecule has 0 spiro atoms. The summed E-state index contributed by atoms with van der Waals surface area (Å²) in [5, 5.41) is 17.8. The Bertz CT molecular complexity index is 2550. The van der Waals surface area contributed by atoms with E-state index in [-0.39, 0.29) is 22.0 Å². The van der Waals surface area contributed by atoms with E-state index in [0.717, 1.165) is 69.6 Å². The van der Waals surface area contributed by atoms with Crippen LogP contribution in [0.25, 0.3) is 27.2 Å². The third-order valence-corrected chi connectivity index (χ3v) is 10.8. The molecule has 0 fully saturated rings. The molecule has 2 heterocycles. The van der Waals surface area contributed by atoms with Crippen LogP contribution in [0.3, 0.4) is 0 Å². The number of phenols is 1. The highest BCUT2D eigenvalue weighted by Gasteiger charge is 2.29. The highest BCUT2D eigenvalue weighted by molar-refractivity contribution is 7.90. The van der Waals surface area contributed by atoms with Crippen molar-refractivity contribution in [3.8, 4) is 5.75 Å². The van der Waals surface area contributed by atoms with Crippen molar-refractivity contribution in [3.05, 3.63) is 165 Å². The molecule has 0 saturated carbocycles. The zero-order chi connectivity index (χ0) is 33.5. The summed E-state index contributed by atoms with van der Waals surface area (Å²) in [5.41, 5.74) is 8.85. The van der Waals surface area contributed by atoms with Gasteiger partial charge in [0.15, 0.2) is 5.84 Å². The first-order chi connectivity index (χ1) is 23.9. The van der Waals surface area contributed by atoms with E-state index in [1.165, 1.54) is 17.2 Å². The molecule has 0 amide bonds. The number of nitrogens with one attached hydrogen (secondary N) is 2. The molecular weight excluding hydrogens is 631 g/mol. The number of para-hydroxylation sites is 2. The van der Waals surface area contributed by atoms with Crippen LogP contribution >= 0.6 is 0 Å². The van der Waals surface area contributed by atoms with E-state index >= 15 is 0 Å². The number of hydrogen-bond donors (Lipinski definition) is 3. The van der Waals surface area contributed by atoms with Crippen LogP contribution in [0.5, 0.6) is 5.75 Å². The van der Waals surface area contributed by atoms with Gasteiger partial charge in [0.1, 0.15) is 10.6 Å². The number of aromatic amines is 1. The topological polar surface area (TPSA) is 112 Å². The van der Waals surface area contributed by atoms with E-state index in [4.69, 9.17) is 0 Å². The molecule has 7 nitrogen and oxygen atoms in total. The average molecular weight is 664 g/mol. The van der Waals surface area contributed by atoms with Crippen LogP contribution in [0.1, 0.15) is 47.1 Å². The maximum Gasteiger partial charge on any atom is 0.286 e. The van der Waals surface area contributed by atoms with Crippen molar-refractivity contribution in [2.45, 2.75) is 37.0 Å². The number of hydrogen-bond acceptors (Lipinski definition) is 5. The molecule has 242 valence electrons. The van der Waals surface area contributed by atoms with Crippen LogP contribution in [0.15, 0.2) is 141 Å². The van der Waals surface area contributed by atoms with Crippen LogP contribution < -0.4 is 10.9 Å². The third-order valence-electron chi connectivity index (χ3n) is 9.47. The highest BCUT2D eigenvalue weighted by Crippen LogP contribution is 2.45. The maximum absolute atomic E-state index is 13.1. The van der Waals surface area contributed by atoms with Gasteiger partial charge in [0.25, 0.3) is 10.0 Å². The lowest BCUT2D eigenvalue weighted by Crippen LogP contribution is -2.23. The second-order valence-electron chi connectivity index (χ2n) is 12.5. The van der Waals surface area contributed by atoms with E-state index in [1.807, 2.05) is 54.6 Å². The number of aryl methyl sites for hydroxylation is 1. The molecule has 0 saturated heterocycles. The zero-order valence-electron chi connectivity index (χ0n) is 26.6. The number of fused-ring (bicyclic) bond motifs is 6. The lowest BCUT2D eigenvalue weighted by Gasteiger charge is -2.27. The van der Waals surface area contributed by atoms with Crippen LogP contribution in [-0.2, 0) is 22.9 Å². The summed E-state index contributed by atoms with van der Waals surface area (Å²) in [7, 11) is -3.92. The number of nitrogens with zero attached hydrogens (tertiary/aromatic N) is 1.